The van der Waals surface area contributed by atoms with Gasteiger partial charge in [0.1, 0.15) is 0 Å². The predicted octanol–water partition coefficient (Wildman–Crippen LogP) is 1.29. The first-order valence-electron chi connectivity index (χ1n) is 7.93. The van der Waals surface area contributed by atoms with E-state index in [1.807, 2.05) is 4.90 Å². The zero-order valence-electron chi connectivity index (χ0n) is 15.4. The Labute approximate surface area is 173 Å². The number of benzene rings is 1. The highest BCUT2D eigenvalue weighted by Crippen LogP contribution is 2.23. The fraction of sp³-hybridized carbons (Fsp3) is 0.562. The molecule has 1 saturated heterocycles. The average molecular weight is 515 g/mol. The van der Waals surface area contributed by atoms with Crippen LogP contribution in [0.2, 0.25) is 0 Å². The van der Waals surface area contributed by atoms with Crippen LogP contribution in [-0.4, -0.2) is 64.6 Å². The van der Waals surface area contributed by atoms with Crippen molar-refractivity contribution in [3.05, 3.63) is 29.8 Å². The molecule has 1 N–H and O–H groups in total. The third kappa shape index (κ3) is 5.32. The van der Waals surface area contributed by atoms with Crippen molar-refractivity contribution in [1.29, 1.82) is 0 Å². The van der Waals surface area contributed by atoms with E-state index in [0.717, 1.165) is 5.56 Å². The molecular formula is C16H26IN3O4S2. The lowest BCUT2D eigenvalue weighted by atomic mass is 10.2. The fourth-order valence-corrected chi connectivity index (χ4v) is 4.69. The molecule has 0 radical (unpaired) electrons. The van der Waals surface area contributed by atoms with E-state index in [0.29, 0.717) is 25.6 Å². The number of nitrogens with one attached hydrogen (secondary N) is 1. The number of nitrogens with zero attached hydrogens (tertiary/aromatic N) is 2. The van der Waals surface area contributed by atoms with Gasteiger partial charge in [-0.15, -0.1) is 24.0 Å². The van der Waals surface area contributed by atoms with E-state index < -0.39 is 24.4 Å². The summed E-state index contributed by atoms with van der Waals surface area (Å²) in [7, 11) is -4.65. The molecule has 1 fully saturated rings. The van der Waals surface area contributed by atoms with Gasteiger partial charge in [0, 0.05) is 32.9 Å². The molecule has 0 atom stereocenters. The molecule has 2 rings (SSSR count). The molecule has 7 nitrogen and oxygen atoms in total. The van der Waals surface area contributed by atoms with E-state index in [4.69, 9.17) is 0 Å². The molecular weight excluding hydrogens is 489 g/mol. The van der Waals surface area contributed by atoms with Crippen LogP contribution in [0.4, 0.5) is 0 Å². The van der Waals surface area contributed by atoms with Crippen LogP contribution in [0, 0.1) is 0 Å². The molecule has 0 amide bonds. The summed E-state index contributed by atoms with van der Waals surface area (Å²) in [6.07, 6.45) is 1.17. The van der Waals surface area contributed by atoms with Gasteiger partial charge in [0.25, 0.3) is 0 Å². The van der Waals surface area contributed by atoms with Crippen LogP contribution >= 0.6 is 24.0 Å². The first kappa shape index (κ1) is 23.2. The van der Waals surface area contributed by atoms with Crippen molar-refractivity contribution >= 4 is 49.6 Å². The van der Waals surface area contributed by atoms with Gasteiger partial charge in [-0.05, 0) is 31.5 Å². The zero-order valence-corrected chi connectivity index (χ0v) is 19.4. The number of aliphatic imine (C=N–C) groups is 1. The van der Waals surface area contributed by atoms with Crippen molar-refractivity contribution in [3.8, 4) is 0 Å². The predicted molar refractivity (Wildman–Crippen MR) is 115 cm³/mol. The maximum absolute atomic E-state index is 12.1. The number of rotatable bonds is 3. The molecule has 26 heavy (non-hydrogen) atoms. The van der Waals surface area contributed by atoms with Crippen molar-refractivity contribution in [2.75, 3.05) is 32.1 Å². The van der Waals surface area contributed by atoms with Crippen LogP contribution in [0.1, 0.15) is 19.4 Å². The summed E-state index contributed by atoms with van der Waals surface area (Å²) in [6, 6.07) is 6.65. The molecule has 1 aromatic carbocycles. The Kier molecular flexibility index (Phi) is 7.50. The van der Waals surface area contributed by atoms with Crippen LogP contribution in [-0.2, 0) is 26.2 Å². The lowest BCUT2D eigenvalue weighted by Crippen LogP contribution is -2.57. The SMILES string of the molecule is CN=C(NCc1ccc(S(C)(=O)=O)cc1)N1CCS(=O)(=O)C(C)(C)C1.I. The largest absolute Gasteiger partial charge is 0.352 e. The Balaban J connectivity index is 0.00000338. The topological polar surface area (TPSA) is 95.9 Å². The van der Waals surface area contributed by atoms with Gasteiger partial charge in [-0.1, -0.05) is 12.1 Å². The highest BCUT2D eigenvalue weighted by Gasteiger charge is 2.40. The number of hydrogen-bond acceptors (Lipinski definition) is 5. The molecule has 10 heteroatoms. The van der Waals surface area contributed by atoms with Gasteiger partial charge in [0.2, 0.25) is 0 Å². The standard InChI is InChI=1S/C16H25N3O4S2.HI/c1-16(2)12-19(9-10-25(16,22)23)15(17-3)18-11-13-5-7-14(8-6-13)24(4,20)21;/h5-8H,9-12H2,1-4H3,(H,17,18);1H. The normalized spacial score (nSPS) is 19.5. The van der Waals surface area contributed by atoms with Gasteiger partial charge in [-0.25, -0.2) is 16.8 Å². The van der Waals surface area contributed by atoms with Gasteiger partial charge in [0.15, 0.2) is 25.6 Å². The van der Waals surface area contributed by atoms with E-state index in [-0.39, 0.29) is 34.6 Å². The number of hydrogen-bond donors (Lipinski definition) is 1. The minimum absolute atomic E-state index is 0. The molecule has 0 aromatic heterocycles. The zero-order chi connectivity index (χ0) is 18.9. The summed E-state index contributed by atoms with van der Waals surface area (Å²) in [5.41, 5.74) is 0.914. The fourth-order valence-electron chi connectivity index (χ4n) is 2.69. The molecule has 148 valence electrons. The molecule has 1 heterocycles. The highest BCUT2D eigenvalue weighted by molar-refractivity contribution is 14.0. The minimum atomic E-state index is -3.21. The van der Waals surface area contributed by atoms with Gasteiger partial charge < -0.3 is 10.2 Å². The van der Waals surface area contributed by atoms with Gasteiger partial charge in [-0.2, -0.15) is 0 Å². The van der Waals surface area contributed by atoms with Crippen LogP contribution in [0.15, 0.2) is 34.2 Å². The lowest BCUT2D eigenvalue weighted by Gasteiger charge is -2.39. The lowest BCUT2D eigenvalue weighted by molar-refractivity contribution is 0.353. The van der Waals surface area contributed by atoms with Crippen molar-refractivity contribution in [2.45, 2.75) is 30.0 Å². The molecule has 0 saturated carbocycles. The Morgan fingerprint density at radius 3 is 2.31 bits per heavy atom. The maximum atomic E-state index is 12.1. The Morgan fingerprint density at radius 2 is 1.85 bits per heavy atom. The molecule has 0 bridgehead atoms. The Bertz CT molecular complexity index is 863. The summed E-state index contributed by atoms with van der Waals surface area (Å²) in [4.78, 5) is 6.46. The minimum Gasteiger partial charge on any atom is -0.352 e. The average Bonchev–Trinajstić information content (AvgIpc) is 2.51. The van der Waals surface area contributed by atoms with Crippen LogP contribution in [0.3, 0.4) is 0 Å². The summed E-state index contributed by atoms with van der Waals surface area (Å²) >= 11 is 0. The van der Waals surface area contributed by atoms with Gasteiger partial charge in [-0.3, -0.25) is 4.99 Å². The Hall–Kier alpha value is -0.880. The second kappa shape index (κ2) is 8.42. The summed E-state index contributed by atoms with van der Waals surface area (Å²) in [5, 5.41) is 3.21. The smallest absolute Gasteiger partial charge is 0.193 e. The van der Waals surface area contributed by atoms with Crippen molar-refractivity contribution in [3.63, 3.8) is 0 Å². The van der Waals surface area contributed by atoms with Gasteiger partial charge in [0.05, 0.1) is 15.4 Å². The summed E-state index contributed by atoms with van der Waals surface area (Å²) in [5.74, 6) is 0.735. The second-order valence-corrected chi connectivity index (χ2v) is 11.6. The van der Waals surface area contributed by atoms with E-state index >= 15 is 0 Å². The molecule has 0 aliphatic carbocycles. The third-order valence-electron chi connectivity index (χ3n) is 4.36. The maximum Gasteiger partial charge on any atom is 0.193 e. The molecule has 1 aromatic rings. The highest BCUT2D eigenvalue weighted by atomic mass is 127. The van der Waals surface area contributed by atoms with E-state index in [2.05, 4.69) is 10.3 Å². The second-order valence-electron chi connectivity index (χ2n) is 6.82. The summed E-state index contributed by atoms with van der Waals surface area (Å²) < 4.78 is 46.4. The van der Waals surface area contributed by atoms with Crippen molar-refractivity contribution in [1.82, 2.24) is 10.2 Å². The monoisotopic (exact) mass is 515 g/mol. The van der Waals surface area contributed by atoms with Crippen molar-refractivity contribution < 1.29 is 16.8 Å². The van der Waals surface area contributed by atoms with Crippen LogP contribution in [0.5, 0.6) is 0 Å². The number of guanidine groups is 1. The molecule has 1 aliphatic heterocycles. The van der Waals surface area contributed by atoms with Gasteiger partial charge >= 0.3 is 0 Å². The first-order valence-corrected chi connectivity index (χ1v) is 11.5. The van der Waals surface area contributed by atoms with Crippen LogP contribution < -0.4 is 5.32 Å². The van der Waals surface area contributed by atoms with E-state index in [1.54, 1.807) is 45.2 Å². The van der Waals surface area contributed by atoms with E-state index in [1.165, 1.54) is 6.26 Å². The number of halogens is 1. The third-order valence-corrected chi connectivity index (χ3v) is 8.02. The van der Waals surface area contributed by atoms with E-state index in [9.17, 15) is 16.8 Å². The molecule has 0 unspecified atom stereocenters. The number of sulfone groups is 2. The van der Waals surface area contributed by atoms with Crippen LogP contribution in [0.25, 0.3) is 0 Å². The molecule has 0 spiro atoms. The summed E-state index contributed by atoms with van der Waals surface area (Å²) in [6.45, 7) is 4.71. The van der Waals surface area contributed by atoms with Crippen molar-refractivity contribution in [2.24, 2.45) is 4.99 Å². The molecule has 1 aliphatic rings. The first-order chi connectivity index (χ1) is 11.5. The quantitative estimate of drug-likeness (QED) is 0.371. The Morgan fingerprint density at radius 1 is 1.27 bits per heavy atom.